The van der Waals surface area contributed by atoms with Crippen molar-refractivity contribution in [3.63, 3.8) is 0 Å². The Morgan fingerprint density at radius 2 is 1.95 bits per heavy atom. The third kappa shape index (κ3) is 3.50. The van der Waals surface area contributed by atoms with Crippen LogP contribution in [0.4, 0.5) is 8.78 Å². The summed E-state index contributed by atoms with van der Waals surface area (Å²) in [6, 6.07) is 2.28. The molecule has 0 spiro atoms. The van der Waals surface area contributed by atoms with Gasteiger partial charge in [0.25, 0.3) is 0 Å². The maximum Gasteiger partial charge on any atom is 0.161 e. The van der Waals surface area contributed by atoms with Crippen molar-refractivity contribution in [3.8, 4) is 0 Å². The highest BCUT2D eigenvalue weighted by atomic mass is 19.2. The fourth-order valence-corrected chi connectivity index (χ4v) is 1.82. The van der Waals surface area contributed by atoms with Gasteiger partial charge in [-0.1, -0.05) is 13.8 Å². The van der Waals surface area contributed by atoms with Crippen molar-refractivity contribution in [3.05, 3.63) is 30.1 Å². The van der Waals surface area contributed by atoms with Crippen LogP contribution in [0.1, 0.15) is 20.3 Å². The standard InChI is InChI=1S/C14H18F2N2O/c1-10(2)3-5-19-6-4-18-9-17-13-7-11(15)12(16)8-14(13)18/h7-10H,3-6H2,1-2H3. The normalized spacial score (nSPS) is 11.6. The fourth-order valence-electron chi connectivity index (χ4n) is 1.82. The maximum atomic E-state index is 13.2. The minimum Gasteiger partial charge on any atom is -0.380 e. The van der Waals surface area contributed by atoms with Gasteiger partial charge in [0.2, 0.25) is 0 Å². The highest BCUT2D eigenvalue weighted by Gasteiger charge is 2.08. The molecule has 0 unspecified atom stereocenters. The Kier molecular flexibility index (Phi) is 4.47. The van der Waals surface area contributed by atoms with E-state index in [1.54, 1.807) is 10.9 Å². The zero-order valence-corrected chi connectivity index (χ0v) is 11.2. The molecule has 1 aromatic heterocycles. The van der Waals surface area contributed by atoms with E-state index in [1.165, 1.54) is 6.07 Å². The molecule has 0 aliphatic rings. The van der Waals surface area contributed by atoms with E-state index in [2.05, 4.69) is 18.8 Å². The summed E-state index contributed by atoms with van der Waals surface area (Å²) in [5.41, 5.74) is 1.05. The molecule has 0 fully saturated rings. The number of fused-ring (bicyclic) bond motifs is 1. The van der Waals surface area contributed by atoms with E-state index < -0.39 is 11.6 Å². The average Bonchev–Trinajstić information content (AvgIpc) is 2.72. The SMILES string of the molecule is CC(C)CCOCCn1cnc2cc(F)c(F)cc21. The van der Waals surface area contributed by atoms with Gasteiger partial charge < -0.3 is 9.30 Å². The minimum atomic E-state index is -0.870. The molecule has 2 rings (SSSR count). The molecule has 1 heterocycles. The van der Waals surface area contributed by atoms with Crippen molar-refractivity contribution in [2.45, 2.75) is 26.8 Å². The maximum absolute atomic E-state index is 13.2. The summed E-state index contributed by atoms with van der Waals surface area (Å²) in [4.78, 5) is 4.05. The van der Waals surface area contributed by atoms with Gasteiger partial charge in [-0.3, -0.25) is 0 Å². The molecule has 0 aliphatic heterocycles. The van der Waals surface area contributed by atoms with Gasteiger partial charge in [0.1, 0.15) is 0 Å². The van der Waals surface area contributed by atoms with E-state index in [1.807, 2.05) is 0 Å². The number of hydrogen-bond donors (Lipinski definition) is 0. The second-order valence-corrected chi connectivity index (χ2v) is 4.99. The van der Waals surface area contributed by atoms with Crippen molar-refractivity contribution < 1.29 is 13.5 Å². The summed E-state index contributed by atoms with van der Waals surface area (Å²) in [7, 11) is 0. The van der Waals surface area contributed by atoms with E-state index in [9.17, 15) is 8.78 Å². The van der Waals surface area contributed by atoms with Crippen LogP contribution < -0.4 is 0 Å². The predicted molar refractivity (Wildman–Crippen MR) is 69.9 cm³/mol. The average molecular weight is 268 g/mol. The van der Waals surface area contributed by atoms with E-state index in [-0.39, 0.29) is 0 Å². The zero-order chi connectivity index (χ0) is 13.8. The van der Waals surface area contributed by atoms with Crippen molar-refractivity contribution in [2.75, 3.05) is 13.2 Å². The number of ether oxygens (including phenoxy) is 1. The molecular weight excluding hydrogens is 250 g/mol. The number of rotatable bonds is 6. The molecule has 0 bridgehead atoms. The lowest BCUT2D eigenvalue weighted by molar-refractivity contribution is 0.117. The van der Waals surface area contributed by atoms with E-state index >= 15 is 0 Å². The van der Waals surface area contributed by atoms with Crippen molar-refractivity contribution in [2.24, 2.45) is 5.92 Å². The number of halogens is 2. The van der Waals surface area contributed by atoms with Gasteiger partial charge >= 0.3 is 0 Å². The van der Waals surface area contributed by atoms with Crippen molar-refractivity contribution in [1.82, 2.24) is 9.55 Å². The first-order valence-electron chi connectivity index (χ1n) is 6.45. The molecule has 1 aromatic carbocycles. The van der Waals surface area contributed by atoms with Crippen LogP contribution in [0.3, 0.4) is 0 Å². The highest BCUT2D eigenvalue weighted by molar-refractivity contribution is 5.75. The molecule has 19 heavy (non-hydrogen) atoms. The van der Waals surface area contributed by atoms with Gasteiger partial charge in [-0.2, -0.15) is 0 Å². The van der Waals surface area contributed by atoms with Crippen LogP contribution in [0.15, 0.2) is 18.5 Å². The van der Waals surface area contributed by atoms with Gasteiger partial charge in [0.15, 0.2) is 11.6 Å². The molecule has 2 aromatic rings. The highest BCUT2D eigenvalue weighted by Crippen LogP contribution is 2.17. The van der Waals surface area contributed by atoms with Crippen LogP contribution in [0.25, 0.3) is 11.0 Å². The Bertz CT molecular complexity index is 552. The predicted octanol–water partition coefficient (Wildman–Crippen LogP) is 3.38. The minimum absolute atomic E-state index is 0.459. The van der Waals surface area contributed by atoms with Gasteiger partial charge in [0, 0.05) is 25.3 Å². The molecule has 0 radical (unpaired) electrons. The molecule has 5 heteroatoms. The number of benzene rings is 1. The molecular formula is C14H18F2N2O. The van der Waals surface area contributed by atoms with Crippen LogP contribution in [0.5, 0.6) is 0 Å². The lowest BCUT2D eigenvalue weighted by atomic mass is 10.1. The second kappa shape index (κ2) is 6.10. The Morgan fingerprint density at radius 1 is 1.21 bits per heavy atom. The van der Waals surface area contributed by atoms with E-state index in [4.69, 9.17) is 4.74 Å². The molecule has 0 saturated heterocycles. The van der Waals surface area contributed by atoms with Crippen LogP contribution in [0, 0.1) is 17.6 Å². The Hall–Kier alpha value is -1.49. The third-order valence-electron chi connectivity index (χ3n) is 2.98. The van der Waals surface area contributed by atoms with Crippen LogP contribution in [-0.4, -0.2) is 22.8 Å². The number of imidazole rings is 1. The molecule has 0 atom stereocenters. The lowest BCUT2D eigenvalue weighted by Crippen LogP contribution is -2.07. The summed E-state index contributed by atoms with van der Waals surface area (Å²) in [6.45, 7) is 6.12. The lowest BCUT2D eigenvalue weighted by Gasteiger charge is -2.07. The first-order chi connectivity index (χ1) is 9.08. The second-order valence-electron chi connectivity index (χ2n) is 4.99. The van der Waals surface area contributed by atoms with Gasteiger partial charge in [0.05, 0.1) is 24.0 Å². The number of hydrogen-bond acceptors (Lipinski definition) is 2. The largest absolute Gasteiger partial charge is 0.380 e. The summed E-state index contributed by atoms with van der Waals surface area (Å²) in [5, 5.41) is 0. The molecule has 0 N–H and O–H groups in total. The third-order valence-corrected chi connectivity index (χ3v) is 2.98. The van der Waals surface area contributed by atoms with Crippen molar-refractivity contribution in [1.29, 1.82) is 0 Å². The summed E-state index contributed by atoms with van der Waals surface area (Å²) >= 11 is 0. The van der Waals surface area contributed by atoms with Crippen molar-refractivity contribution >= 4 is 11.0 Å². The summed E-state index contributed by atoms with van der Waals surface area (Å²) in [5.74, 6) is -1.10. The van der Waals surface area contributed by atoms with Gasteiger partial charge in [-0.15, -0.1) is 0 Å². The smallest absolute Gasteiger partial charge is 0.161 e. The van der Waals surface area contributed by atoms with Gasteiger partial charge in [-0.05, 0) is 12.3 Å². The molecule has 0 amide bonds. The summed E-state index contributed by atoms with van der Waals surface area (Å²) < 4.78 is 33.5. The van der Waals surface area contributed by atoms with E-state index in [0.29, 0.717) is 36.7 Å². The van der Waals surface area contributed by atoms with Crippen LogP contribution >= 0.6 is 0 Å². The molecule has 104 valence electrons. The molecule has 0 aliphatic carbocycles. The first-order valence-corrected chi connectivity index (χ1v) is 6.45. The number of aromatic nitrogens is 2. The Morgan fingerprint density at radius 3 is 2.68 bits per heavy atom. The van der Waals surface area contributed by atoms with Crippen LogP contribution in [-0.2, 0) is 11.3 Å². The zero-order valence-electron chi connectivity index (χ0n) is 11.2. The summed E-state index contributed by atoms with van der Waals surface area (Å²) in [6.07, 6.45) is 2.60. The fraction of sp³-hybridized carbons (Fsp3) is 0.500. The Labute approximate surface area is 111 Å². The van der Waals surface area contributed by atoms with Gasteiger partial charge in [-0.25, -0.2) is 13.8 Å². The first kappa shape index (κ1) is 13.9. The quantitative estimate of drug-likeness (QED) is 0.751. The Balaban J connectivity index is 1.96. The molecule has 0 saturated carbocycles. The monoisotopic (exact) mass is 268 g/mol. The van der Waals surface area contributed by atoms with Crippen LogP contribution in [0.2, 0.25) is 0 Å². The number of nitrogens with zero attached hydrogens (tertiary/aromatic N) is 2. The van der Waals surface area contributed by atoms with E-state index in [0.717, 1.165) is 12.5 Å². The molecule has 3 nitrogen and oxygen atoms in total. The topological polar surface area (TPSA) is 27.1 Å².